The van der Waals surface area contributed by atoms with Crippen LogP contribution in [0.5, 0.6) is 0 Å². The first-order valence-corrected chi connectivity index (χ1v) is 5.40. The van der Waals surface area contributed by atoms with Crippen molar-refractivity contribution in [1.82, 2.24) is 4.68 Å². The Bertz CT molecular complexity index is 149. The molecule has 1 aromatic rings. The zero-order valence-electron chi connectivity index (χ0n) is 7.21. The topological polar surface area (TPSA) is 30.9 Å². The zero-order valence-corrected chi connectivity index (χ0v) is 9.95. The van der Waals surface area contributed by atoms with Gasteiger partial charge in [0.05, 0.1) is 0 Å². The van der Waals surface area contributed by atoms with E-state index in [-0.39, 0.29) is 0 Å². The van der Waals surface area contributed by atoms with Gasteiger partial charge in [0.1, 0.15) is 16.3 Å². The highest BCUT2D eigenvalue weighted by atomic mass is 79.9. The molecule has 0 atom stereocenters. The summed E-state index contributed by atoms with van der Waals surface area (Å²) in [5.74, 6) is 7.18. The van der Waals surface area contributed by atoms with E-state index < -0.39 is 0 Å². The Kier molecular flexibility index (Phi) is 12.5. The molecule has 0 aliphatic rings. The van der Waals surface area contributed by atoms with Crippen LogP contribution in [-0.4, -0.2) is 21.0 Å². The normalized spacial score (nSPS) is 6.91. The average molecular weight is 233 g/mol. The van der Waals surface area contributed by atoms with E-state index >= 15 is 0 Å². The minimum Gasteiger partial charge on any atom is -0.340 e. The minimum absolute atomic E-state index is 1.01. The molecule has 2 N–H and O–H groups in total. The van der Waals surface area contributed by atoms with Crippen molar-refractivity contribution in [1.29, 1.82) is 0 Å². The average Bonchev–Trinajstić information content (AvgIpc) is 2.43. The van der Waals surface area contributed by atoms with Gasteiger partial charge in [-0.2, -0.15) is 0 Å². The van der Waals surface area contributed by atoms with Crippen molar-refractivity contribution in [3.8, 4) is 0 Å². The van der Waals surface area contributed by atoms with Crippen LogP contribution in [0.2, 0.25) is 5.79 Å². The van der Waals surface area contributed by atoms with Crippen molar-refractivity contribution < 1.29 is 0 Å². The van der Waals surface area contributed by atoms with E-state index in [2.05, 4.69) is 32.2 Å². The summed E-state index contributed by atoms with van der Waals surface area (Å²) in [5.41, 5.74) is 0. The van der Waals surface area contributed by atoms with E-state index in [1.54, 1.807) is 12.4 Å². The van der Waals surface area contributed by atoms with Crippen LogP contribution >= 0.6 is 15.9 Å². The van der Waals surface area contributed by atoms with Crippen LogP contribution in [0, 0.1) is 0 Å². The highest BCUT2D eigenvalue weighted by molar-refractivity contribution is 9.10. The summed E-state index contributed by atoms with van der Waals surface area (Å²) in [6, 6.07) is 1.88. The third-order valence-corrected chi connectivity index (χ3v) is 1.15. The molecule has 0 amide bonds. The lowest BCUT2D eigenvalue weighted by Crippen LogP contribution is -2.02. The number of hydrogen-bond donors (Lipinski definition) is 1. The van der Waals surface area contributed by atoms with Crippen LogP contribution < -0.4 is 5.84 Å². The van der Waals surface area contributed by atoms with Gasteiger partial charge in [-0.15, -0.1) is 5.79 Å². The van der Waals surface area contributed by atoms with Crippen LogP contribution in [0.1, 0.15) is 13.8 Å². The number of hydrogen-bond acceptors (Lipinski definition) is 1. The zero-order chi connectivity index (χ0) is 9.28. The summed E-state index contributed by atoms with van der Waals surface area (Å²) in [6.07, 6.45) is 3.55. The maximum absolute atomic E-state index is 5.27. The number of rotatable bonds is 0. The van der Waals surface area contributed by atoms with E-state index in [0.717, 1.165) is 4.47 Å². The summed E-state index contributed by atoms with van der Waals surface area (Å²) < 4.78 is 2.50. The first-order valence-electron chi connectivity index (χ1n) is 3.45. The molecule has 4 heteroatoms. The number of nitrogens with two attached hydrogens (primary N) is 1. The molecular formula is C7H14AlBrN2. The first kappa shape index (κ1) is 13.7. The fraction of sp³-hybridized carbons (Fsp3) is 0.429. The molecule has 1 heterocycles. The summed E-state index contributed by atoms with van der Waals surface area (Å²) >= 11 is 5.65. The van der Waals surface area contributed by atoms with Crippen molar-refractivity contribution in [3.05, 3.63) is 22.9 Å². The molecule has 0 fully saturated rings. The molecule has 0 aliphatic heterocycles. The second kappa shape index (κ2) is 10.1. The summed E-state index contributed by atoms with van der Waals surface area (Å²) in [5, 5.41) is 0. The van der Waals surface area contributed by atoms with Crippen LogP contribution in [0.3, 0.4) is 0 Å². The third kappa shape index (κ3) is 7.99. The first-order chi connectivity index (χ1) is 5.29. The smallest absolute Gasteiger partial charge is 0.112 e. The van der Waals surface area contributed by atoms with Crippen molar-refractivity contribution in [2.24, 2.45) is 0 Å². The van der Waals surface area contributed by atoms with Gasteiger partial charge in [0.15, 0.2) is 0 Å². The third-order valence-electron chi connectivity index (χ3n) is 0.678. The fourth-order valence-corrected chi connectivity index (χ4v) is 0.740. The Morgan fingerprint density at radius 2 is 1.91 bits per heavy atom. The highest BCUT2D eigenvalue weighted by Gasteiger charge is 1.82. The van der Waals surface area contributed by atoms with Crippen molar-refractivity contribution in [2.75, 3.05) is 5.84 Å². The number of aromatic nitrogens is 1. The molecule has 0 saturated carbocycles. The molecule has 0 bridgehead atoms. The molecule has 0 aromatic carbocycles. The van der Waals surface area contributed by atoms with E-state index in [4.69, 9.17) is 5.84 Å². The molecule has 62 valence electrons. The lowest BCUT2D eigenvalue weighted by Gasteiger charge is -1.82. The van der Waals surface area contributed by atoms with Gasteiger partial charge in [0.25, 0.3) is 0 Å². The van der Waals surface area contributed by atoms with Gasteiger partial charge < -0.3 is 5.84 Å². The van der Waals surface area contributed by atoms with Gasteiger partial charge in [0.2, 0.25) is 0 Å². The van der Waals surface area contributed by atoms with Crippen LogP contribution in [0.25, 0.3) is 0 Å². The number of nitrogen functional groups attached to an aromatic ring is 1. The molecular weight excluding hydrogens is 219 g/mol. The van der Waals surface area contributed by atoms with Gasteiger partial charge in [-0.1, -0.05) is 13.8 Å². The predicted molar refractivity (Wildman–Crippen MR) is 55.2 cm³/mol. The standard InChI is InChI=1S/C4H5BrN2.C2H6.CH3.Al/c5-4-1-2-7(6)3-4;1-2;;/h1-3H,6H2;1-2H3;1H3;. The van der Waals surface area contributed by atoms with Gasteiger partial charge in [-0.05, 0) is 22.0 Å². The van der Waals surface area contributed by atoms with Crippen molar-refractivity contribution in [2.45, 2.75) is 19.6 Å². The molecule has 1 aromatic heterocycles. The van der Waals surface area contributed by atoms with Crippen molar-refractivity contribution >= 4 is 32.2 Å². The fourth-order valence-electron chi connectivity index (χ4n) is 0.386. The lowest BCUT2D eigenvalue weighted by atomic mass is 10.7. The lowest BCUT2D eigenvalue weighted by molar-refractivity contribution is 1.02. The van der Waals surface area contributed by atoms with E-state index in [1.807, 2.05) is 25.7 Å². The molecule has 2 nitrogen and oxygen atoms in total. The van der Waals surface area contributed by atoms with Crippen molar-refractivity contribution in [3.63, 3.8) is 0 Å². The minimum atomic E-state index is 1.01. The summed E-state index contributed by atoms with van der Waals surface area (Å²) in [4.78, 5) is 0. The van der Waals surface area contributed by atoms with Crippen LogP contribution in [0.15, 0.2) is 22.9 Å². The van der Waals surface area contributed by atoms with Gasteiger partial charge in [0, 0.05) is 16.9 Å². The predicted octanol–water partition coefficient (Wildman–Crippen LogP) is 2.19. The second-order valence-electron chi connectivity index (χ2n) is 1.28. The van der Waals surface area contributed by atoms with Crippen LogP contribution in [-0.2, 0) is 0 Å². The number of nitrogens with zero attached hydrogens (tertiary/aromatic N) is 1. The Hall–Kier alpha value is 0.0925. The van der Waals surface area contributed by atoms with Crippen LogP contribution in [0.4, 0.5) is 0 Å². The highest BCUT2D eigenvalue weighted by Crippen LogP contribution is 2.05. The summed E-state index contributed by atoms with van der Waals surface area (Å²) in [7, 11) is 0. The molecule has 0 aliphatic carbocycles. The number of halogens is 1. The quantitative estimate of drug-likeness (QED) is 0.540. The van der Waals surface area contributed by atoms with Gasteiger partial charge >= 0.3 is 0 Å². The maximum atomic E-state index is 5.27. The Morgan fingerprint density at radius 3 is 2.00 bits per heavy atom. The SMILES string of the molecule is CC.Nn1ccc(Br)c1.[CH3][Al]. The molecule has 2 radical (unpaired) electrons. The molecule has 11 heavy (non-hydrogen) atoms. The molecule has 0 unspecified atom stereocenters. The molecule has 0 spiro atoms. The second-order valence-corrected chi connectivity index (χ2v) is 2.19. The van der Waals surface area contributed by atoms with E-state index in [1.165, 1.54) is 4.68 Å². The van der Waals surface area contributed by atoms with Gasteiger partial charge in [-0.3, -0.25) is 4.68 Å². The maximum Gasteiger partial charge on any atom is 0.112 e. The Balaban J connectivity index is 0. The molecule has 1 rings (SSSR count). The van der Waals surface area contributed by atoms with E-state index in [9.17, 15) is 0 Å². The van der Waals surface area contributed by atoms with E-state index in [0.29, 0.717) is 0 Å². The Morgan fingerprint density at radius 1 is 1.45 bits per heavy atom. The Labute approximate surface area is 85.3 Å². The molecule has 0 saturated heterocycles. The largest absolute Gasteiger partial charge is 0.340 e. The van der Waals surface area contributed by atoms with Gasteiger partial charge in [-0.25, -0.2) is 0 Å². The monoisotopic (exact) mass is 232 g/mol. The summed E-state index contributed by atoms with van der Waals surface area (Å²) in [6.45, 7) is 4.00.